The molecule has 84 valence electrons. The Hall–Kier alpha value is -1.46. The topological polar surface area (TPSA) is 34.9 Å². The van der Waals surface area contributed by atoms with Gasteiger partial charge < -0.3 is 0 Å². The van der Waals surface area contributed by atoms with Crippen LogP contribution in [0.4, 0.5) is 0 Å². The summed E-state index contributed by atoms with van der Waals surface area (Å²) in [5.41, 5.74) is 0.849. The van der Waals surface area contributed by atoms with Crippen LogP contribution in [0.3, 0.4) is 0 Å². The molecule has 2 heterocycles. The summed E-state index contributed by atoms with van der Waals surface area (Å²) in [4.78, 5) is 17.1. The fraction of sp³-hybridized carbons (Fsp3) is 0. The molecule has 0 aliphatic carbocycles. The van der Waals surface area contributed by atoms with Crippen LogP contribution >= 0.6 is 27.5 Å². The lowest BCUT2D eigenvalue weighted by Crippen LogP contribution is -2.10. The summed E-state index contributed by atoms with van der Waals surface area (Å²) < 4.78 is 2.65. The van der Waals surface area contributed by atoms with Gasteiger partial charge in [0, 0.05) is 10.7 Å². The van der Waals surface area contributed by atoms with E-state index in [2.05, 4.69) is 20.9 Å². The SMILES string of the molecule is O=c1c2cccnc2sn1-c1ccc(Br)cc1. The summed E-state index contributed by atoms with van der Waals surface area (Å²) in [5, 5.41) is 0.667. The van der Waals surface area contributed by atoms with Gasteiger partial charge in [-0.3, -0.25) is 4.79 Å². The number of hydrogen-bond donors (Lipinski definition) is 0. The van der Waals surface area contributed by atoms with Crippen molar-refractivity contribution in [1.29, 1.82) is 0 Å². The second kappa shape index (κ2) is 4.09. The van der Waals surface area contributed by atoms with Crippen molar-refractivity contribution in [1.82, 2.24) is 8.94 Å². The Labute approximate surface area is 110 Å². The molecule has 0 amide bonds. The van der Waals surface area contributed by atoms with Crippen LogP contribution in [0.25, 0.3) is 15.9 Å². The molecule has 0 fully saturated rings. The lowest BCUT2D eigenvalue weighted by atomic mass is 10.3. The molecule has 0 saturated carbocycles. The lowest BCUT2D eigenvalue weighted by Gasteiger charge is -1.98. The summed E-state index contributed by atoms with van der Waals surface area (Å²) in [6.07, 6.45) is 1.70. The van der Waals surface area contributed by atoms with Crippen molar-refractivity contribution in [3.8, 4) is 5.69 Å². The summed E-state index contributed by atoms with van der Waals surface area (Å²) in [5.74, 6) is 0. The van der Waals surface area contributed by atoms with Crippen LogP contribution in [0.2, 0.25) is 0 Å². The number of halogens is 1. The van der Waals surface area contributed by atoms with Crippen molar-refractivity contribution < 1.29 is 0 Å². The highest BCUT2D eigenvalue weighted by Crippen LogP contribution is 2.19. The number of aromatic nitrogens is 2. The first-order chi connectivity index (χ1) is 8.25. The molecule has 0 N–H and O–H groups in total. The van der Waals surface area contributed by atoms with Crippen LogP contribution in [0.15, 0.2) is 51.9 Å². The van der Waals surface area contributed by atoms with Crippen molar-refractivity contribution in [3.63, 3.8) is 0 Å². The van der Waals surface area contributed by atoms with E-state index in [1.165, 1.54) is 11.5 Å². The Bertz CT molecular complexity index is 730. The second-order valence-corrected chi connectivity index (χ2v) is 5.37. The summed E-state index contributed by atoms with van der Waals surface area (Å²) in [6.45, 7) is 0. The maximum atomic E-state index is 12.1. The van der Waals surface area contributed by atoms with E-state index in [9.17, 15) is 4.79 Å². The quantitative estimate of drug-likeness (QED) is 0.692. The maximum absolute atomic E-state index is 12.1. The third kappa shape index (κ3) is 1.81. The molecule has 17 heavy (non-hydrogen) atoms. The Morgan fingerprint density at radius 2 is 1.94 bits per heavy atom. The van der Waals surface area contributed by atoms with Gasteiger partial charge in [-0.25, -0.2) is 8.94 Å². The summed E-state index contributed by atoms with van der Waals surface area (Å²) in [7, 11) is 0. The lowest BCUT2D eigenvalue weighted by molar-refractivity contribution is 1.14. The van der Waals surface area contributed by atoms with E-state index >= 15 is 0 Å². The van der Waals surface area contributed by atoms with E-state index in [-0.39, 0.29) is 5.56 Å². The Morgan fingerprint density at radius 1 is 1.18 bits per heavy atom. The summed E-state index contributed by atoms with van der Waals surface area (Å²) >= 11 is 4.74. The molecule has 0 atom stereocenters. The molecule has 0 unspecified atom stereocenters. The van der Waals surface area contributed by atoms with Crippen molar-refractivity contribution in [3.05, 3.63) is 57.4 Å². The molecule has 0 radical (unpaired) electrons. The van der Waals surface area contributed by atoms with Gasteiger partial charge in [0.1, 0.15) is 4.83 Å². The molecule has 2 aromatic heterocycles. The van der Waals surface area contributed by atoms with Gasteiger partial charge in [0.25, 0.3) is 5.56 Å². The van der Waals surface area contributed by atoms with E-state index in [4.69, 9.17) is 0 Å². The first-order valence-corrected chi connectivity index (χ1v) is 6.55. The predicted molar refractivity (Wildman–Crippen MR) is 72.9 cm³/mol. The smallest absolute Gasteiger partial charge is 0.267 e. The zero-order valence-electron chi connectivity index (χ0n) is 8.63. The number of pyridine rings is 1. The number of hydrogen-bond acceptors (Lipinski definition) is 3. The Balaban J connectivity index is 2.27. The molecular formula is C12H7BrN2OS. The number of rotatable bonds is 1. The molecular weight excluding hydrogens is 300 g/mol. The van der Waals surface area contributed by atoms with Gasteiger partial charge in [0.05, 0.1) is 11.1 Å². The van der Waals surface area contributed by atoms with E-state index in [1.807, 2.05) is 24.3 Å². The highest BCUT2D eigenvalue weighted by molar-refractivity contribution is 9.10. The molecule has 0 aliphatic heterocycles. The zero-order valence-corrected chi connectivity index (χ0v) is 11.0. The van der Waals surface area contributed by atoms with Crippen LogP contribution in [0, 0.1) is 0 Å². The normalized spacial score (nSPS) is 10.9. The van der Waals surface area contributed by atoms with Crippen LogP contribution in [-0.2, 0) is 0 Å². The van der Waals surface area contributed by atoms with Gasteiger partial charge in [-0.05, 0) is 47.9 Å². The minimum absolute atomic E-state index is 0.0135. The molecule has 0 saturated heterocycles. The van der Waals surface area contributed by atoms with Crippen molar-refractivity contribution in [2.45, 2.75) is 0 Å². The molecule has 3 rings (SSSR count). The zero-order chi connectivity index (χ0) is 11.8. The largest absolute Gasteiger partial charge is 0.274 e. The Kier molecular flexibility index (Phi) is 2.57. The fourth-order valence-electron chi connectivity index (χ4n) is 1.61. The van der Waals surface area contributed by atoms with Gasteiger partial charge in [0.2, 0.25) is 0 Å². The van der Waals surface area contributed by atoms with Gasteiger partial charge >= 0.3 is 0 Å². The van der Waals surface area contributed by atoms with Crippen LogP contribution < -0.4 is 5.56 Å². The fourth-order valence-corrected chi connectivity index (χ4v) is 2.82. The van der Waals surface area contributed by atoms with E-state index < -0.39 is 0 Å². The van der Waals surface area contributed by atoms with Crippen LogP contribution in [0.5, 0.6) is 0 Å². The van der Waals surface area contributed by atoms with E-state index in [0.29, 0.717) is 5.39 Å². The van der Waals surface area contributed by atoms with Gasteiger partial charge in [-0.15, -0.1) is 0 Å². The number of benzene rings is 1. The van der Waals surface area contributed by atoms with Crippen molar-refractivity contribution in [2.75, 3.05) is 0 Å². The third-order valence-electron chi connectivity index (χ3n) is 2.42. The van der Waals surface area contributed by atoms with Crippen molar-refractivity contribution in [2.24, 2.45) is 0 Å². The molecule has 1 aromatic carbocycles. The standard InChI is InChI=1S/C12H7BrN2OS/c13-8-3-5-9(6-4-8)15-12(16)10-2-1-7-14-11(10)17-15/h1-7H. The first kappa shape index (κ1) is 10.7. The van der Waals surface area contributed by atoms with Crippen LogP contribution in [-0.4, -0.2) is 8.94 Å². The number of fused-ring (bicyclic) bond motifs is 1. The third-order valence-corrected chi connectivity index (χ3v) is 4.01. The van der Waals surface area contributed by atoms with E-state index in [1.54, 1.807) is 22.3 Å². The average molecular weight is 307 g/mol. The highest BCUT2D eigenvalue weighted by Gasteiger charge is 2.08. The second-order valence-electron chi connectivity index (χ2n) is 3.52. The van der Waals surface area contributed by atoms with Crippen molar-refractivity contribution >= 4 is 37.7 Å². The van der Waals surface area contributed by atoms with Gasteiger partial charge in [-0.2, -0.15) is 0 Å². The van der Waals surface area contributed by atoms with Gasteiger partial charge in [0.15, 0.2) is 0 Å². The maximum Gasteiger partial charge on any atom is 0.274 e. The predicted octanol–water partition coefficient (Wildman–Crippen LogP) is 3.21. The first-order valence-electron chi connectivity index (χ1n) is 4.99. The molecule has 3 aromatic rings. The molecule has 0 bridgehead atoms. The Morgan fingerprint density at radius 3 is 2.65 bits per heavy atom. The van der Waals surface area contributed by atoms with Crippen LogP contribution in [0.1, 0.15) is 0 Å². The monoisotopic (exact) mass is 306 g/mol. The minimum atomic E-state index is -0.0135. The highest BCUT2D eigenvalue weighted by atomic mass is 79.9. The molecule has 0 spiro atoms. The van der Waals surface area contributed by atoms with Gasteiger partial charge in [-0.1, -0.05) is 15.9 Å². The van der Waals surface area contributed by atoms with E-state index in [0.717, 1.165) is 15.0 Å². The minimum Gasteiger partial charge on any atom is -0.267 e. The summed E-state index contributed by atoms with van der Waals surface area (Å²) in [6, 6.07) is 11.2. The molecule has 5 heteroatoms. The molecule has 0 aliphatic rings. The average Bonchev–Trinajstić information content (AvgIpc) is 2.69. The molecule has 3 nitrogen and oxygen atoms in total. The number of nitrogens with zero attached hydrogens (tertiary/aromatic N) is 2.